The second-order valence-electron chi connectivity index (χ2n) is 4.64. The van der Waals surface area contributed by atoms with Crippen molar-refractivity contribution in [3.8, 4) is 0 Å². The summed E-state index contributed by atoms with van der Waals surface area (Å²) in [5.74, 6) is 0.597. The lowest BCUT2D eigenvalue weighted by Crippen LogP contribution is -2.35. The molecular weight excluding hydrogens is 267 g/mol. The second-order valence-corrected chi connectivity index (χ2v) is 4.64. The molecule has 0 aromatic heterocycles. The molecule has 0 amide bonds. The quantitative estimate of drug-likeness (QED) is 0.923. The normalized spacial score (nSPS) is 16.8. The fourth-order valence-electron chi connectivity index (χ4n) is 1.92. The number of halogens is 3. The van der Waals surface area contributed by atoms with Crippen LogP contribution in [0, 0.1) is 0 Å². The van der Waals surface area contributed by atoms with Crippen LogP contribution in [0.4, 0.5) is 13.2 Å². The van der Waals surface area contributed by atoms with E-state index in [9.17, 15) is 13.2 Å². The molecular formula is C14H16F3N3. The summed E-state index contributed by atoms with van der Waals surface area (Å²) in [5.41, 5.74) is 1.10. The Kier molecular flexibility index (Phi) is 4.32. The van der Waals surface area contributed by atoms with Gasteiger partial charge in [-0.3, -0.25) is 0 Å². The second kappa shape index (κ2) is 5.98. The van der Waals surface area contributed by atoms with Crippen molar-refractivity contribution in [3.63, 3.8) is 0 Å². The summed E-state index contributed by atoms with van der Waals surface area (Å²) in [6, 6.07) is 9.84. The highest BCUT2D eigenvalue weighted by atomic mass is 19.4. The van der Waals surface area contributed by atoms with Crippen molar-refractivity contribution in [3.05, 3.63) is 48.2 Å². The largest absolute Gasteiger partial charge is 0.405 e. The van der Waals surface area contributed by atoms with E-state index in [1.54, 1.807) is 6.08 Å². The number of hydrogen-bond donors (Lipinski definition) is 1. The predicted molar refractivity (Wildman–Crippen MR) is 72.2 cm³/mol. The first-order valence-corrected chi connectivity index (χ1v) is 6.29. The molecule has 0 radical (unpaired) electrons. The van der Waals surface area contributed by atoms with Gasteiger partial charge in [-0.1, -0.05) is 30.3 Å². The standard InChI is InChI=1S/C14H16F3N3/c1-11(12-5-3-2-4-6-12)19-13-7-8-20(10-18-13)9-14(15,16)17/h2-8,11H,9-10H2,1H3,(H,18,19)/t11-/m0/s1. The van der Waals surface area contributed by atoms with Crippen molar-refractivity contribution in [2.45, 2.75) is 19.1 Å². The third-order valence-corrected chi connectivity index (χ3v) is 2.91. The fraction of sp³-hybridized carbons (Fsp3) is 0.357. The van der Waals surface area contributed by atoms with Crippen LogP contribution < -0.4 is 5.32 Å². The monoisotopic (exact) mass is 283 g/mol. The van der Waals surface area contributed by atoms with Gasteiger partial charge in [-0.15, -0.1) is 0 Å². The van der Waals surface area contributed by atoms with Gasteiger partial charge < -0.3 is 10.2 Å². The zero-order valence-electron chi connectivity index (χ0n) is 11.1. The van der Waals surface area contributed by atoms with Crippen molar-refractivity contribution in [1.29, 1.82) is 0 Å². The van der Waals surface area contributed by atoms with Gasteiger partial charge >= 0.3 is 6.18 Å². The van der Waals surface area contributed by atoms with Gasteiger partial charge in [0.05, 0.1) is 0 Å². The van der Waals surface area contributed by atoms with Gasteiger partial charge in [-0.2, -0.15) is 13.2 Å². The molecule has 2 rings (SSSR count). The lowest BCUT2D eigenvalue weighted by atomic mass is 10.1. The van der Waals surface area contributed by atoms with E-state index < -0.39 is 12.7 Å². The summed E-state index contributed by atoms with van der Waals surface area (Å²) in [6.07, 6.45) is -1.22. The Labute approximate surface area is 115 Å². The smallest absolute Gasteiger partial charge is 0.364 e. The molecule has 6 heteroatoms. The van der Waals surface area contributed by atoms with Crippen LogP contribution in [0.25, 0.3) is 0 Å². The third kappa shape index (κ3) is 4.29. The van der Waals surface area contributed by atoms with Gasteiger partial charge in [0.25, 0.3) is 0 Å². The highest BCUT2D eigenvalue weighted by Gasteiger charge is 2.30. The molecule has 0 fully saturated rings. The van der Waals surface area contributed by atoms with E-state index in [-0.39, 0.29) is 12.7 Å². The number of aliphatic imine (C=N–C) groups is 1. The highest BCUT2D eigenvalue weighted by molar-refractivity contribution is 5.93. The van der Waals surface area contributed by atoms with Crippen molar-refractivity contribution in [1.82, 2.24) is 10.2 Å². The van der Waals surface area contributed by atoms with Crippen LogP contribution in [0.1, 0.15) is 18.5 Å². The minimum Gasteiger partial charge on any atom is -0.364 e. The van der Waals surface area contributed by atoms with E-state index in [1.807, 2.05) is 37.3 Å². The molecule has 0 aliphatic carbocycles. The van der Waals surface area contributed by atoms with Gasteiger partial charge in [0.2, 0.25) is 0 Å². The maximum atomic E-state index is 12.2. The van der Waals surface area contributed by atoms with Gasteiger partial charge in [-0.25, -0.2) is 4.99 Å². The zero-order valence-corrected chi connectivity index (χ0v) is 11.1. The summed E-state index contributed by atoms with van der Waals surface area (Å²) in [5, 5.41) is 3.17. The summed E-state index contributed by atoms with van der Waals surface area (Å²) in [7, 11) is 0. The van der Waals surface area contributed by atoms with Gasteiger partial charge in [0.1, 0.15) is 19.0 Å². The van der Waals surface area contributed by atoms with E-state index in [0.717, 1.165) is 10.5 Å². The Hall–Kier alpha value is -1.98. The number of alkyl halides is 3. The molecule has 0 bridgehead atoms. The summed E-state index contributed by atoms with van der Waals surface area (Å²) < 4.78 is 36.7. The molecule has 3 nitrogen and oxygen atoms in total. The van der Waals surface area contributed by atoms with Gasteiger partial charge in [0.15, 0.2) is 0 Å². The minimum absolute atomic E-state index is 0.0137. The van der Waals surface area contributed by atoms with Crippen LogP contribution >= 0.6 is 0 Å². The molecule has 1 heterocycles. The predicted octanol–water partition coefficient (Wildman–Crippen LogP) is 3.08. The lowest BCUT2D eigenvalue weighted by Gasteiger charge is -2.24. The highest BCUT2D eigenvalue weighted by Crippen LogP contribution is 2.18. The van der Waals surface area contributed by atoms with E-state index in [0.29, 0.717) is 5.84 Å². The van der Waals surface area contributed by atoms with E-state index in [4.69, 9.17) is 0 Å². The number of hydrogen-bond acceptors (Lipinski definition) is 3. The van der Waals surface area contributed by atoms with E-state index >= 15 is 0 Å². The average molecular weight is 283 g/mol. The first-order valence-electron chi connectivity index (χ1n) is 6.29. The SMILES string of the molecule is C[C@H](NC1=NCN(CC(F)(F)F)C=C1)c1ccccc1. The van der Waals surface area contributed by atoms with Crippen LogP contribution in [0.15, 0.2) is 47.6 Å². The topological polar surface area (TPSA) is 27.6 Å². The Morgan fingerprint density at radius 1 is 1.30 bits per heavy atom. The molecule has 0 spiro atoms. The number of rotatable bonds is 3. The van der Waals surface area contributed by atoms with Crippen LogP contribution in [-0.4, -0.2) is 30.1 Å². The molecule has 1 aromatic carbocycles. The zero-order chi connectivity index (χ0) is 14.6. The number of amidine groups is 1. The van der Waals surface area contributed by atoms with Crippen LogP contribution in [0.3, 0.4) is 0 Å². The molecule has 1 N–H and O–H groups in total. The summed E-state index contributed by atoms with van der Waals surface area (Å²) >= 11 is 0. The molecule has 1 aromatic rings. The first kappa shape index (κ1) is 14.4. The molecule has 108 valence electrons. The fourth-order valence-corrected chi connectivity index (χ4v) is 1.92. The minimum atomic E-state index is -4.21. The van der Waals surface area contributed by atoms with E-state index in [1.165, 1.54) is 6.20 Å². The van der Waals surface area contributed by atoms with Gasteiger partial charge in [0, 0.05) is 12.2 Å². The average Bonchev–Trinajstić information content (AvgIpc) is 2.40. The lowest BCUT2D eigenvalue weighted by molar-refractivity contribution is -0.140. The molecule has 0 unspecified atom stereocenters. The molecule has 20 heavy (non-hydrogen) atoms. The van der Waals surface area contributed by atoms with Crippen molar-refractivity contribution < 1.29 is 13.2 Å². The van der Waals surface area contributed by atoms with Crippen molar-refractivity contribution >= 4 is 5.84 Å². The molecule has 1 atom stereocenters. The summed E-state index contributed by atoms with van der Waals surface area (Å²) in [6.45, 7) is 1.02. The summed E-state index contributed by atoms with van der Waals surface area (Å²) in [4.78, 5) is 5.23. The Morgan fingerprint density at radius 2 is 2.00 bits per heavy atom. The number of nitrogens with zero attached hydrogens (tertiary/aromatic N) is 2. The van der Waals surface area contributed by atoms with Crippen molar-refractivity contribution in [2.24, 2.45) is 4.99 Å². The molecule has 0 saturated heterocycles. The van der Waals surface area contributed by atoms with Crippen LogP contribution in [-0.2, 0) is 0 Å². The Balaban J connectivity index is 1.89. The first-order chi connectivity index (χ1) is 9.44. The number of nitrogens with one attached hydrogen (secondary N) is 1. The molecule has 1 aliphatic heterocycles. The maximum Gasteiger partial charge on any atom is 0.405 e. The van der Waals surface area contributed by atoms with Crippen LogP contribution in [0.5, 0.6) is 0 Å². The third-order valence-electron chi connectivity index (χ3n) is 2.91. The number of benzene rings is 1. The van der Waals surface area contributed by atoms with Crippen LogP contribution in [0.2, 0.25) is 0 Å². The molecule has 1 aliphatic rings. The Bertz CT molecular complexity index is 494. The van der Waals surface area contributed by atoms with E-state index in [2.05, 4.69) is 10.3 Å². The molecule has 0 saturated carbocycles. The Morgan fingerprint density at radius 3 is 2.55 bits per heavy atom. The maximum absolute atomic E-state index is 12.2. The van der Waals surface area contributed by atoms with Crippen molar-refractivity contribution in [2.75, 3.05) is 13.2 Å². The van der Waals surface area contributed by atoms with Gasteiger partial charge in [-0.05, 0) is 18.6 Å².